The number of para-hydroxylation sites is 1. The Morgan fingerprint density at radius 1 is 0.694 bits per heavy atom. The monoisotopic (exact) mass is 470 g/mol. The molecular weight excluding hydrogens is 444 g/mol. The minimum atomic E-state index is -0.399. The molecule has 1 aliphatic heterocycles. The van der Waals surface area contributed by atoms with Crippen LogP contribution in [-0.2, 0) is 13.2 Å². The fraction of sp³-hybridized carbons (Fsp3) is 0.0938. The van der Waals surface area contributed by atoms with Crippen LogP contribution in [0.15, 0.2) is 121 Å². The number of fused-ring (bicyclic) bond motifs is 2. The molecule has 0 saturated heterocycles. The van der Waals surface area contributed by atoms with Crippen LogP contribution in [0.3, 0.4) is 0 Å². The maximum absolute atomic E-state index is 13.9. The number of nitrogens with zero attached hydrogens (tertiary/aromatic N) is 1. The Balaban J connectivity index is 1.48. The number of carbonyl (C=O) groups is 1. The lowest BCUT2D eigenvalue weighted by molar-refractivity contribution is 0.0665. The van der Waals surface area contributed by atoms with Crippen molar-refractivity contribution < 1.29 is 9.53 Å². The standard InChI is InChI=1S/C32H26N2O2/c35-32-27-17-9-10-18-28(27)33-31(34(32)21-23-11-3-1-4-12-23)30-26-16-8-7-15-25(26)19-20-29(30)36-22-24-13-5-2-6-14-24/h1-20,31,33H,21-22H2. The van der Waals surface area contributed by atoms with Gasteiger partial charge in [0.25, 0.3) is 5.91 Å². The van der Waals surface area contributed by atoms with Gasteiger partial charge >= 0.3 is 0 Å². The fourth-order valence-electron chi connectivity index (χ4n) is 4.88. The van der Waals surface area contributed by atoms with E-state index in [2.05, 4.69) is 47.8 Å². The second kappa shape index (κ2) is 9.59. The smallest absolute Gasteiger partial charge is 0.258 e. The average Bonchev–Trinajstić information content (AvgIpc) is 2.94. The molecule has 1 aliphatic rings. The van der Waals surface area contributed by atoms with Gasteiger partial charge in [0.15, 0.2) is 0 Å². The van der Waals surface area contributed by atoms with Crippen LogP contribution in [0.1, 0.15) is 33.2 Å². The molecule has 0 aliphatic carbocycles. The van der Waals surface area contributed by atoms with Crippen molar-refractivity contribution >= 4 is 22.4 Å². The van der Waals surface area contributed by atoms with Crippen LogP contribution in [0.4, 0.5) is 5.69 Å². The van der Waals surface area contributed by atoms with E-state index in [0.717, 1.165) is 38.9 Å². The van der Waals surface area contributed by atoms with Gasteiger partial charge < -0.3 is 15.0 Å². The summed E-state index contributed by atoms with van der Waals surface area (Å²) in [6.45, 7) is 0.926. The molecule has 1 N–H and O–H groups in total. The number of anilines is 1. The summed E-state index contributed by atoms with van der Waals surface area (Å²) < 4.78 is 6.43. The minimum Gasteiger partial charge on any atom is -0.488 e. The highest BCUT2D eigenvalue weighted by Crippen LogP contribution is 2.41. The van der Waals surface area contributed by atoms with E-state index in [1.807, 2.05) is 83.8 Å². The molecule has 1 atom stereocenters. The Morgan fingerprint density at radius 3 is 2.17 bits per heavy atom. The molecule has 0 saturated carbocycles. The summed E-state index contributed by atoms with van der Waals surface area (Å²) in [7, 11) is 0. The van der Waals surface area contributed by atoms with Gasteiger partial charge in [-0.25, -0.2) is 0 Å². The van der Waals surface area contributed by atoms with Crippen molar-refractivity contribution in [2.75, 3.05) is 5.32 Å². The van der Waals surface area contributed by atoms with E-state index in [-0.39, 0.29) is 5.91 Å². The average molecular weight is 471 g/mol. The summed E-state index contributed by atoms with van der Waals surface area (Å²) in [4.78, 5) is 15.8. The normalized spacial score (nSPS) is 14.8. The largest absolute Gasteiger partial charge is 0.488 e. The summed E-state index contributed by atoms with van der Waals surface area (Å²) in [6.07, 6.45) is -0.399. The van der Waals surface area contributed by atoms with Crippen molar-refractivity contribution in [2.45, 2.75) is 19.3 Å². The zero-order chi connectivity index (χ0) is 24.3. The lowest BCUT2D eigenvalue weighted by Gasteiger charge is -2.39. The first kappa shape index (κ1) is 21.9. The molecule has 6 rings (SSSR count). The highest BCUT2D eigenvalue weighted by Gasteiger charge is 2.35. The predicted octanol–water partition coefficient (Wildman–Crippen LogP) is 7.19. The SMILES string of the molecule is O=C1c2ccccc2NC(c2c(OCc3ccccc3)ccc3ccccc23)N1Cc1ccccc1. The van der Waals surface area contributed by atoms with Gasteiger partial charge in [-0.1, -0.05) is 103 Å². The van der Waals surface area contributed by atoms with Crippen LogP contribution in [0, 0.1) is 0 Å². The van der Waals surface area contributed by atoms with E-state index in [1.165, 1.54) is 0 Å². The van der Waals surface area contributed by atoms with E-state index in [4.69, 9.17) is 4.74 Å². The van der Waals surface area contributed by atoms with E-state index in [9.17, 15) is 4.79 Å². The quantitative estimate of drug-likeness (QED) is 0.286. The molecule has 0 fully saturated rings. The predicted molar refractivity (Wildman–Crippen MR) is 144 cm³/mol. The van der Waals surface area contributed by atoms with Gasteiger partial charge in [-0.05, 0) is 40.1 Å². The van der Waals surface area contributed by atoms with Gasteiger partial charge in [-0.3, -0.25) is 4.79 Å². The number of hydrogen-bond donors (Lipinski definition) is 1. The zero-order valence-electron chi connectivity index (χ0n) is 19.8. The Labute approximate surface area is 210 Å². The molecule has 0 bridgehead atoms. The van der Waals surface area contributed by atoms with Gasteiger partial charge in [0.1, 0.15) is 18.5 Å². The lowest BCUT2D eigenvalue weighted by atomic mass is 9.97. The highest BCUT2D eigenvalue weighted by atomic mass is 16.5. The van der Waals surface area contributed by atoms with E-state index >= 15 is 0 Å². The number of benzene rings is 5. The van der Waals surface area contributed by atoms with Gasteiger partial charge in [-0.15, -0.1) is 0 Å². The van der Waals surface area contributed by atoms with Gasteiger partial charge in [0.05, 0.1) is 5.56 Å². The maximum atomic E-state index is 13.9. The molecule has 36 heavy (non-hydrogen) atoms. The molecule has 4 nitrogen and oxygen atoms in total. The highest BCUT2D eigenvalue weighted by molar-refractivity contribution is 6.02. The molecule has 4 heteroatoms. The first-order valence-corrected chi connectivity index (χ1v) is 12.2. The van der Waals surface area contributed by atoms with Crippen LogP contribution in [-0.4, -0.2) is 10.8 Å². The van der Waals surface area contributed by atoms with Crippen molar-refractivity contribution in [3.8, 4) is 5.75 Å². The van der Waals surface area contributed by atoms with Crippen LogP contribution >= 0.6 is 0 Å². The fourth-order valence-corrected chi connectivity index (χ4v) is 4.88. The van der Waals surface area contributed by atoms with Crippen molar-refractivity contribution in [2.24, 2.45) is 0 Å². The van der Waals surface area contributed by atoms with E-state index in [0.29, 0.717) is 18.7 Å². The topological polar surface area (TPSA) is 41.6 Å². The number of amides is 1. The second-order valence-corrected chi connectivity index (χ2v) is 8.98. The number of ether oxygens (including phenoxy) is 1. The van der Waals surface area contributed by atoms with Crippen molar-refractivity contribution in [1.29, 1.82) is 0 Å². The lowest BCUT2D eigenvalue weighted by Crippen LogP contribution is -2.42. The second-order valence-electron chi connectivity index (χ2n) is 8.98. The maximum Gasteiger partial charge on any atom is 0.258 e. The molecule has 0 spiro atoms. The molecule has 0 radical (unpaired) electrons. The third-order valence-electron chi connectivity index (χ3n) is 6.66. The Kier molecular flexibility index (Phi) is 5.84. The van der Waals surface area contributed by atoms with Crippen molar-refractivity contribution in [3.63, 3.8) is 0 Å². The third kappa shape index (κ3) is 4.18. The van der Waals surface area contributed by atoms with Crippen molar-refractivity contribution in [1.82, 2.24) is 4.90 Å². The molecular formula is C32H26N2O2. The first-order chi connectivity index (χ1) is 17.8. The molecule has 0 aromatic heterocycles. The molecule has 1 heterocycles. The molecule has 5 aromatic carbocycles. The Morgan fingerprint density at radius 2 is 1.36 bits per heavy atom. The summed E-state index contributed by atoms with van der Waals surface area (Å²) in [5.74, 6) is 0.764. The number of carbonyl (C=O) groups excluding carboxylic acids is 1. The zero-order valence-corrected chi connectivity index (χ0v) is 19.8. The Bertz CT molecular complexity index is 1520. The van der Waals surface area contributed by atoms with Gasteiger partial charge in [-0.2, -0.15) is 0 Å². The van der Waals surface area contributed by atoms with Crippen LogP contribution in [0.2, 0.25) is 0 Å². The van der Waals surface area contributed by atoms with Crippen molar-refractivity contribution in [3.05, 3.63) is 144 Å². The van der Waals surface area contributed by atoms with E-state index < -0.39 is 6.17 Å². The summed E-state index contributed by atoms with van der Waals surface area (Å²) >= 11 is 0. The van der Waals surface area contributed by atoms with Gasteiger partial charge in [0, 0.05) is 17.8 Å². The van der Waals surface area contributed by atoms with Crippen LogP contribution in [0.5, 0.6) is 5.75 Å². The molecule has 5 aromatic rings. The summed E-state index contributed by atoms with van der Waals surface area (Å²) in [6, 6.07) is 40.4. The first-order valence-electron chi connectivity index (χ1n) is 12.2. The molecule has 176 valence electrons. The Hall–Kier alpha value is -4.57. The summed E-state index contributed by atoms with van der Waals surface area (Å²) in [5.41, 5.74) is 4.64. The number of rotatable bonds is 6. The minimum absolute atomic E-state index is 0.000136. The van der Waals surface area contributed by atoms with E-state index in [1.54, 1.807) is 0 Å². The van der Waals surface area contributed by atoms with Crippen LogP contribution in [0.25, 0.3) is 10.8 Å². The third-order valence-corrected chi connectivity index (χ3v) is 6.66. The number of nitrogens with one attached hydrogen (secondary N) is 1. The van der Waals surface area contributed by atoms with Crippen LogP contribution < -0.4 is 10.1 Å². The summed E-state index contributed by atoms with van der Waals surface area (Å²) in [5, 5.41) is 5.83. The van der Waals surface area contributed by atoms with Gasteiger partial charge in [0.2, 0.25) is 0 Å². The molecule has 1 unspecified atom stereocenters. The number of hydrogen-bond acceptors (Lipinski definition) is 3. The molecule has 1 amide bonds.